The van der Waals surface area contributed by atoms with Crippen LogP contribution in [0.1, 0.15) is 29.9 Å². The van der Waals surface area contributed by atoms with Gasteiger partial charge in [0.2, 0.25) is 11.8 Å². The first kappa shape index (κ1) is 32.0. The van der Waals surface area contributed by atoms with Crippen LogP contribution in [0.3, 0.4) is 0 Å². The monoisotopic (exact) mass is 708 g/mol. The molecule has 2 heterocycles. The lowest BCUT2D eigenvalue weighted by atomic mass is 9.49. The van der Waals surface area contributed by atoms with Crippen molar-refractivity contribution >= 4 is 70.2 Å². The maximum Gasteiger partial charge on any atom is 0.328 e. The number of likely N-dealkylation sites (tertiary alicyclic amines) is 1. The molecule has 2 aliphatic heterocycles. The van der Waals surface area contributed by atoms with Crippen LogP contribution in [0.2, 0.25) is 15.1 Å². The Morgan fingerprint density at radius 3 is 2.31 bits per heavy atom. The minimum absolute atomic E-state index is 0.0199. The lowest BCUT2D eigenvalue weighted by Gasteiger charge is -2.50. The van der Waals surface area contributed by atoms with Gasteiger partial charge in [-0.1, -0.05) is 64.7 Å². The maximum absolute atomic E-state index is 15.2. The molecule has 246 valence electrons. The molecule has 7 rings (SSSR count). The number of allylic oxidation sites excluding steroid dienone is 2. The van der Waals surface area contributed by atoms with E-state index in [1.54, 1.807) is 42.5 Å². The van der Waals surface area contributed by atoms with Crippen LogP contribution in [0.5, 0.6) is 11.5 Å². The third kappa shape index (κ3) is 4.52. The summed E-state index contributed by atoms with van der Waals surface area (Å²) in [7, 11) is 1.50. The second-order valence-corrected chi connectivity index (χ2v) is 13.5. The molecule has 1 saturated carbocycles. The predicted octanol–water partition coefficient (Wildman–Crippen LogP) is 5.42. The number of imide groups is 4. The zero-order valence-corrected chi connectivity index (χ0v) is 27.4. The van der Waals surface area contributed by atoms with Gasteiger partial charge in [-0.3, -0.25) is 24.6 Å². The fourth-order valence-corrected chi connectivity index (χ4v) is 8.89. The molecule has 14 heteroatoms. The van der Waals surface area contributed by atoms with Crippen molar-refractivity contribution in [3.8, 4) is 11.5 Å². The molecular weight excluding hydrogens is 683 g/mol. The van der Waals surface area contributed by atoms with Gasteiger partial charge in [0.15, 0.2) is 0 Å². The average molecular weight is 710 g/mol. The first-order chi connectivity index (χ1) is 22.9. The average Bonchev–Trinajstić information content (AvgIpc) is 3.43. The lowest BCUT2D eigenvalue weighted by molar-refractivity contribution is -0.139. The van der Waals surface area contributed by atoms with Gasteiger partial charge in [-0.05, 0) is 72.4 Å². The van der Waals surface area contributed by atoms with Crippen LogP contribution >= 0.6 is 34.8 Å². The van der Waals surface area contributed by atoms with E-state index >= 15 is 4.79 Å². The number of fused-ring (bicyclic) bond motifs is 4. The van der Waals surface area contributed by atoms with Crippen LogP contribution in [0.25, 0.3) is 0 Å². The van der Waals surface area contributed by atoms with Crippen LogP contribution in [-0.4, -0.2) is 51.8 Å². The van der Waals surface area contributed by atoms with E-state index in [0.717, 1.165) is 5.01 Å². The van der Waals surface area contributed by atoms with Crippen LogP contribution in [-0.2, 0) is 24.6 Å². The molecule has 0 unspecified atom stereocenters. The first-order valence-corrected chi connectivity index (χ1v) is 16.1. The fraction of sp³-hybridized carbons (Fsp3) is 0.265. The summed E-state index contributed by atoms with van der Waals surface area (Å²) in [5, 5.41) is 11.9. The summed E-state index contributed by atoms with van der Waals surface area (Å²) in [4.78, 5) is 69.5. The number of phenolic OH excluding ortho intramolecular Hbond substituents is 1. The Morgan fingerprint density at radius 1 is 0.938 bits per heavy atom. The van der Waals surface area contributed by atoms with Crippen molar-refractivity contribution in [2.75, 3.05) is 12.5 Å². The van der Waals surface area contributed by atoms with Gasteiger partial charge in [-0.25, -0.2) is 4.79 Å². The van der Waals surface area contributed by atoms with Crippen molar-refractivity contribution in [2.45, 2.75) is 24.2 Å². The van der Waals surface area contributed by atoms with Gasteiger partial charge < -0.3 is 15.6 Å². The van der Waals surface area contributed by atoms with Crippen molar-refractivity contribution in [2.24, 2.45) is 29.4 Å². The standard InChI is InChI=1S/C34H27Cl3N4O7/c1-48-18-6-2-15(3-7-18)34-23(30(44)41(32(34)46)39-26-11-4-16(35)12-25(26)37)14-22-19(28(34)20-8-5-17(42)13-24(20)36)9-10-21-27(22)31(45)40(29(21)43)33(38)47/h2-9,11-13,21-23,27-28,39,42H,10,14H2,1H3,(H2,38,47)/t21-,22+,23-,27-,28+,34+/m0/s1. The van der Waals surface area contributed by atoms with Gasteiger partial charge in [0.05, 0.1) is 41.0 Å². The molecule has 6 atom stereocenters. The number of primary amides is 1. The molecule has 0 bridgehead atoms. The zero-order chi connectivity index (χ0) is 34.2. The molecule has 0 aromatic heterocycles. The van der Waals surface area contributed by atoms with Gasteiger partial charge in [0.1, 0.15) is 11.5 Å². The quantitative estimate of drug-likeness (QED) is 0.234. The number of halogens is 3. The number of anilines is 1. The first-order valence-electron chi connectivity index (χ1n) is 15.0. The maximum atomic E-state index is 15.2. The number of aromatic hydroxyl groups is 1. The summed E-state index contributed by atoms with van der Waals surface area (Å²) in [6.07, 6.45) is 1.87. The fourth-order valence-electron chi connectivity index (χ4n) is 8.16. The molecule has 0 radical (unpaired) electrons. The van der Waals surface area contributed by atoms with Crippen LogP contribution in [0, 0.1) is 23.7 Å². The second-order valence-electron chi connectivity index (χ2n) is 12.3. The van der Waals surface area contributed by atoms with Crippen molar-refractivity contribution < 1.29 is 33.8 Å². The van der Waals surface area contributed by atoms with Crippen molar-refractivity contribution in [3.63, 3.8) is 0 Å². The summed E-state index contributed by atoms with van der Waals surface area (Å²) in [6, 6.07) is 14.5. The second kappa shape index (κ2) is 11.5. The number of phenols is 1. The van der Waals surface area contributed by atoms with Gasteiger partial charge >= 0.3 is 6.03 Å². The minimum Gasteiger partial charge on any atom is -0.508 e. The number of amides is 6. The number of rotatable bonds is 5. The number of hydrogen-bond acceptors (Lipinski definition) is 8. The van der Waals surface area contributed by atoms with Gasteiger partial charge in [-0.2, -0.15) is 9.91 Å². The van der Waals surface area contributed by atoms with E-state index in [9.17, 15) is 24.3 Å². The van der Waals surface area contributed by atoms with Crippen LogP contribution < -0.4 is 15.9 Å². The Balaban J connectivity index is 1.48. The number of methoxy groups -OCH3 is 1. The van der Waals surface area contributed by atoms with E-state index < -0.39 is 64.7 Å². The van der Waals surface area contributed by atoms with Gasteiger partial charge in [-0.15, -0.1) is 0 Å². The Kier molecular flexibility index (Phi) is 7.69. The molecule has 2 aliphatic carbocycles. The van der Waals surface area contributed by atoms with Crippen LogP contribution in [0.15, 0.2) is 72.3 Å². The highest BCUT2D eigenvalue weighted by Gasteiger charge is 2.70. The summed E-state index contributed by atoms with van der Waals surface area (Å²) in [5.74, 6) is -6.96. The van der Waals surface area contributed by atoms with Crippen molar-refractivity contribution in [3.05, 3.63) is 98.5 Å². The normalized spacial score (nSPS) is 27.8. The molecule has 4 N–H and O–H groups in total. The molecule has 11 nitrogen and oxygen atoms in total. The molecule has 48 heavy (non-hydrogen) atoms. The molecule has 6 amide bonds. The molecule has 3 aromatic carbocycles. The highest BCUT2D eigenvalue weighted by Crippen LogP contribution is 2.64. The molecule has 0 spiro atoms. The number of ether oxygens (including phenoxy) is 1. The SMILES string of the molecule is COc1ccc([C@@]23C(=O)N(Nc4ccc(Cl)cc4Cl)C(=O)[C@@H]2C[C@@H]2C(=CC[C@@H]4C(=O)N(C(N)=O)C(=O)[C@@H]42)[C@@H]3c2ccc(O)cc2Cl)cc1. The van der Waals surface area contributed by atoms with E-state index in [-0.39, 0.29) is 34.3 Å². The summed E-state index contributed by atoms with van der Waals surface area (Å²) in [6.45, 7) is 0. The van der Waals surface area contributed by atoms with Crippen molar-refractivity contribution in [1.82, 2.24) is 9.91 Å². The molecule has 4 aliphatic rings. The van der Waals surface area contributed by atoms with E-state index in [1.165, 1.54) is 31.4 Å². The van der Waals surface area contributed by atoms with Crippen molar-refractivity contribution in [1.29, 1.82) is 0 Å². The topological polar surface area (TPSA) is 159 Å². The number of nitrogens with one attached hydrogen (secondary N) is 1. The van der Waals surface area contributed by atoms with Gasteiger partial charge in [0, 0.05) is 16.0 Å². The number of nitrogens with two attached hydrogens (primary N) is 1. The third-order valence-corrected chi connectivity index (χ3v) is 11.0. The number of carbonyl (C=O) groups excluding carboxylic acids is 5. The summed E-state index contributed by atoms with van der Waals surface area (Å²) in [5.41, 5.74) is 8.47. The van der Waals surface area contributed by atoms with E-state index in [2.05, 4.69) is 5.43 Å². The highest BCUT2D eigenvalue weighted by molar-refractivity contribution is 6.36. The Bertz CT molecular complexity index is 1970. The number of benzene rings is 3. The largest absolute Gasteiger partial charge is 0.508 e. The lowest BCUT2D eigenvalue weighted by Crippen LogP contribution is -2.53. The van der Waals surface area contributed by atoms with Gasteiger partial charge in [0.25, 0.3) is 11.8 Å². The highest BCUT2D eigenvalue weighted by atomic mass is 35.5. The number of hydrogen-bond donors (Lipinski definition) is 3. The zero-order valence-electron chi connectivity index (χ0n) is 25.2. The molecular formula is C34H27Cl3N4O7. The number of nitrogens with zero attached hydrogens (tertiary/aromatic N) is 2. The Hall–Kier alpha value is -4.58. The smallest absolute Gasteiger partial charge is 0.328 e. The van der Waals surface area contributed by atoms with E-state index in [1.807, 2.05) is 0 Å². The molecule has 3 aromatic rings. The third-order valence-electron chi connectivity index (χ3n) is 10.1. The minimum atomic E-state index is -1.64. The molecule has 3 fully saturated rings. The Labute approximate surface area is 289 Å². The number of hydrazine groups is 1. The number of urea groups is 1. The molecule has 2 saturated heterocycles. The predicted molar refractivity (Wildman–Crippen MR) is 175 cm³/mol. The van der Waals surface area contributed by atoms with E-state index in [0.29, 0.717) is 32.4 Å². The Morgan fingerprint density at radius 2 is 1.67 bits per heavy atom. The van der Waals surface area contributed by atoms with E-state index in [4.69, 9.17) is 45.3 Å². The summed E-state index contributed by atoms with van der Waals surface area (Å²) < 4.78 is 5.39. The summed E-state index contributed by atoms with van der Waals surface area (Å²) >= 11 is 19.4. The van der Waals surface area contributed by atoms with Crippen LogP contribution in [0.4, 0.5) is 10.5 Å². The number of carbonyl (C=O) groups is 5.